The highest BCUT2D eigenvalue weighted by molar-refractivity contribution is 7.80. The second-order valence-electron chi connectivity index (χ2n) is 6.59. The van der Waals surface area contributed by atoms with E-state index in [1.54, 1.807) is 13.0 Å². The van der Waals surface area contributed by atoms with Gasteiger partial charge in [-0.05, 0) is 56.4 Å². The van der Waals surface area contributed by atoms with Crippen molar-refractivity contribution >= 4 is 35.0 Å². The van der Waals surface area contributed by atoms with Crippen molar-refractivity contribution in [3.63, 3.8) is 0 Å². The maximum atomic E-state index is 12.9. The number of anilines is 1. The normalized spacial score (nSPS) is 15.4. The van der Waals surface area contributed by atoms with Crippen molar-refractivity contribution in [1.82, 2.24) is 15.1 Å². The average molecular weight is 390 g/mol. The van der Waals surface area contributed by atoms with E-state index in [-0.39, 0.29) is 22.3 Å². The molecule has 0 spiro atoms. The Hall–Kier alpha value is -3.45. The summed E-state index contributed by atoms with van der Waals surface area (Å²) in [6.07, 6.45) is 1.55. The molecule has 0 unspecified atom stereocenters. The van der Waals surface area contributed by atoms with Crippen LogP contribution in [0.2, 0.25) is 0 Å². The molecule has 2 heterocycles. The molecule has 0 aliphatic carbocycles. The summed E-state index contributed by atoms with van der Waals surface area (Å²) in [5, 5.41) is 6.27. The lowest BCUT2D eigenvalue weighted by Gasteiger charge is -2.13. The van der Waals surface area contributed by atoms with Gasteiger partial charge in [0.15, 0.2) is 5.11 Å². The van der Waals surface area contributed by atoms with Gasteiger partial charge in [0.25, 0.3) is 11.5 Å². The molecule has 1 saturated heterocycles. The van der Waals surface area contributed by atoms with Gasteiger partial charge in [-0.25, -0.2) is 4.68 Å². The highest BCUT2D eigenvalue weighted by Gasteiger charge is 2.32. The first kappa shape index (κ1) is 17.9. The van der Waals surface area contributed by atoms with Crippen LogP contribution in [0.5, 0.6) is 0 Å². The lowest BCUT2D eigenvalue weighted by Crippen LogP contribution is -2.30. The minimum atomic E-state index is -0.292. The van der Waals surface area contributed by atoms with Gasteiger partial charge in [-0.1, -0.05) is 35.9 Å². The molecule has 28 heavy (non-hydrogen) atoms. The Morgan fingerprint density at radius 2 is 1.61 bits per heavy atom. The monoisotopic (exact) mass is 390 g/mol. The first-order chi connectivity index (χ1) is 13.5. The molecule has 1 aromatic heterocycles. The Balaban J connectivity index is 1.71. The van der Waals surface area contributed by atoms with Crippen molar-refractivity contribution in [3.8, 4) is 5.69 Å². The maximum absolute atomic E-state index is 12.9. The third-order valence-corrected chi connectivity index (χ3v) is 4.88. The summed E-state index contributed by atoms with van der Waals surface area (Å²) in [6.45, 7) is 3.77. The van der Waals surface area contributed by atoms with Gasteiger partial charge in [0.05, 0.1) is 16.9 Å². The number of H-pyrrole nitrogens is 1. The quantitative estimate of drug-likeness (QED) is 0.533. The summed E-state index contributed by atoms with van der Waals surface area (Å²) >= 11 is 5.34. The molecule has 6 nitrogen and oxygen atoms in total. The van der Waals surface area contributed by atoms with Crippen LogP contribution < -0.4 is 15.8 Å². The minimum absolute atomic E-state index is 0.231. The average Bonchev–Trinajstić information content (AvgIpc) is 3.13. The van der Waals surface area contributed by atoms with Crippen LogP contribution in [0.1, 0.15) is 16.8 Å². The van der Waals surface area contributed by atoms with E-state index < -0.39 is 0 Å². The summed E-state index contributed by atoms with van der Waals surface area (Å²) in [4.78, 5) is 27.2. The van der Waals surface area contributed by atoms with E-state index in [1.165, 1.54) is 9.58 Å². The molecule has 140 valence electrons. The standard InChI is InChI=1S/C21H18N4O2S/c1-13-8-10-15(11-9-13)24-20(27)18(22-21(24)28)12-17-14(2)23-25(19(17)26)16-6-4-3-5-7-16/h3-12,23H,1-2H3,(H,22,28)/b18-12-. The molecule has 0 saturated carbocycles. The number of rotatable bonds is 3. The van der Waals surface area contributed by atoms with E-state index in [2.05, 4.69) is 10.4 Å². The molecule has 1 aliphatic heterocycles. The Morgan fingerprint density at radius 3 is 2.29 bits per heavy atom. The molecule has 1 amide bonds. The molecule has 0 bridgehead atoms. The number of aromatic nitrogens is 2. The fourth-order valence-corrected chi connectivity index (χ4v) is 3.39. The van der Waals surface area contributed by atoms with Crippen LogP contribution >= 0.6 is 12.2 Å². The third kappa shape index (κ3) is 3.05. The van der Waals surface area contributed by atoms with Gasteiger partial charge in [-0.2, -0.15) is 0 Å². The summed E-state index contributed by atoms with van der Waals surface area (Å²) < 4.78 is 1.46. The summed E-state index contributed by atoms with van der Waals surface area (Å²) in [5.41, 5.74) is 3.61. The number of benzene rings is 2. The predicted molar refractivity (Wildman–Crippen MR) is 114 cm³/mol. The molecular formula is C21H18N4O2S. The van der Waals surface area contributed by atoms with E-state index in [1.807, 2.05) is 61.5 Å². The Bertz CT molecular complexity index is 1160. The molecule has 1 fully saturated rings. The number of amides is 1. The van der Waals surface area contributed by atoms with Crippen molar-refractivity contribution in [2.45, 2.75) is 13.8 Å². The first-order valence-electron chi connectivity index (χ1n) is 8.76. The summed E-state index contributed by atoms with van der Waals surface area (Å²) in [7, 11) is 0. The molecule has 7 heteroatoms. The van der Waals surface area contributed by atoms with Gasteiger partial charge >= 0.3 is 0 Å². The van der Waals surface area contributed by atoms with Crippen LogP contribution in [-0.2, 0) is 4.79 Å². The molecular weight excluding hydrogens is 372 g/mol. The number of hydrogen-bond acceptors (Lipinski definition) is 3. The SMILES string of the molecule is Cc1ccc(N2C(=O)/C(=C/c3c(C)[nH]n(-c4ccccc4)c3=O)NC2=S)cc1. The van der Waals surface area contributed by atoms with E-state index in [4.69, 9.17) is 12.2 Å². The van der Waals surface area contributed by atoms with Crippen LogP contribution in [0, 0.1) is 13.8 Å². The molecule has 2 N–H and O–H groups in total. The largest absolute Gasteiger partial charge is 0.327 e. The number of nitrogens with one attached hydrogen (secondary N) is 2. The van der Waals surface area contributed by atoms with Gasteiger partial charge in [-0.3, -0.25) is 19.6 Å². The predicted octanol–water partition coefficient (Wildman–Crippen LogP) is 3.04. The zero-order valence-electron chi connectivity index (χ0n) is 15.4. The molecule has 2 aromatic carbocycles. The van der Waals surface area contributed by atoms with Crippen LogP contribution in [0.25, 0.3) is 11.8 Å². The number of hydrogen-bond donors (Lipinski definition) is 2. The van der Waals surface area contributed by atoms with E-state index in [0.717, 1.165) is 11.3 Å². The van der Waals surface area contributed by atoms with Crippen molar-refractivity contribution in [1.29, 1.82) is 0 Å². The van der Waals surface area contributed by atoms with E-state index >= 15 is 0 Å². The van der Waals surface area contributed by atoms with E-state index in [9.17, 15) is 9.59 Å². The number of carbonyl (C=O) groups is 1. The first-order valence-corrected chi connectivity index (χ1v) is 9.17. The Morgan fingerprint density at radius 1 is 0.929 bits per heavy atom. The van der Waals surface area contributed by atoms with Crippen LogP contribution in [0.15, 0.2) is 65.1 Å². The number of carbonyl (C=O) groups excluding carboxylic acids is 1. The number of aryl methyl sites for hydroxylation is 2. The molecule has 1 aliphatic rings. The Kier molecular flexibility index (Phi) is 4.44. The van der Waals surface area contributed by atoms with Gasteiger partial charge in [0.1, 0.15) is 5.70 Å². The van der Waals surface area contributed by atoms with E-state index in [0.29, 0.717) is 16.9 Å². The highest BCUT2D eigenvalue weighted by Crippen LogP contribution is 2.23. The highest BCUT2D eigenvalue weighted by atomic mass is 32.1. The lowest BCUT2D eigenvalue weighted by molar-refractivity contribution is -0.113. The summed E-state index contributed by atoms with van der Waals surface area (Å²) in [5.74, 6) is -0.292. The number of aromatic amines is 1. The molecule has 3 aromatic rings. The smallest absolute Gasteiger partial charge is 0.281 e. The third-order valence-electron chi connectivity index (χ3n) is 4.59. The van der Waals surface area contributed by atoms with Crippen molar-refractivity contribution < 1.29 is 4.79 Å². The van der Waals surface area contributed by atoms with Crippen molar-refractivity contribution in [3.05, 3.63) is 87.5 Å². The van der Waals surface area contributed by atoms with Crippen LogP contribution in [0.3, 0.4) is 0 Å². The summed E-state index contributed by atoms with van der Waals surface area (Å²) in [6, 6.07) is 16.8. The maximum Gasteiger partial charge on any atom is 0.281 e. The van der Waals surface area contributed by atoms with Gasteiger partial charge < -0.3 is 5.32 Å². The molecule has 0 atom stereocenters. The second kappa shape index (κ2) is 6.94. The van der Waals surface area contributed by atoms with Crippen molar-refractivity contribution in [2.24, 2.45) is 0 Å². The fourth-order valence-electron chi connectivity index (χ4n) is 3.10. The van der Waals surface area contributed by atoms with Gasteiger partial charge in [0, 0.05) is 5.69 Å². The van der Waals surface area contributed by atoms with Crippen molar-refractivity contribution in [2.75, 3.05) is 4.90 Å². The Labute approximate surface area is 167 Å². The molecule has 4 rings (SSSR count). The van der Waals surface area contributed by atoms with Crippen LogP contribution in [-0.4, -0.2) is 20.8 Å². The lowest BCUT2D eigenvalue weighted by atomic mass is 10.2. The van der Waals surface area contributed by atoms with Crippen LogP contribution in [0.4, 0.5) is 5.69 Å². The number of thiocarbonyl (C=S) groups is 1. The number of para-hydroxylation sites is 1. The molecule has 0 radical (unpaired) electrons. The fraction of sp³-hybridized carbons (Fsp3) is 0.0952. The second-order valence-corrected chi connectivity index (χ2v) is 6.98. The zero-order chi connectivity index (χ0) is 19.8. The van der Waals surface area contributed by atoms with Gasteiger partial charge in [0.2, 0.25) is 0 Å². The zero-order valence-corrected chi connectivity index (χ0v) is 16.2. The minimum Gasteiger partial charge on any atom is -0.327 e. The van der Waals surface area contributed by atoms with Gasteiger partial charge in [-0.15, -0.1) is 0 Å². The number of nitrogens with zero attached hydrogens (tertiary/aromatic N) is 2. The topological polar surface area (TPSA) is 70.1 Å².